The van der Waals surface area contributed by atoms with E-state index in [0.29, 0.717) is 41.8 Å². The normalized spacial score (nSPS) is 19.6. The molecule has 1 atom stereocenters. The highest BCUT2D eigenvalue weighted by Gasteiger charge is 2.37. The van der Waals surface area contributed by atoms with Gasteiger partial charge in [-0.15, -0.1) is 0 Å². The van der Waals surface area contributed by atoms with Gasteiger partial charge in [-0.25, -0.2) is 23.4 Å². The van der Waals surface area contributed by atoms with Crippen molar-refractivity contribution in [1.82, 2.24) is 33.9 Å². The van der Waals surface area contributed by atoms with Gasteiger partial charge in [0.25, 0.3) is 10.0 Å². The van der Waals surface area contributed by atoms with E-state index in [1.807, 2.05) is 16.9 Å². The summed E-state index contributed by atoms with van der Waals surface area (Å²) in [5.41, 5.74) is 2.99. The van der Waals surface area contributed by atoms with E-state index in [-0.39, 0.29) is 17.3 Å². The Morgan fingerprint density at radius 1 is 1.06 bits per heavy atom. The zero-order valence-corrected chi connectivity index (χ0v) is 27.2. The Kier molecular flexibility index (Phi) is 8.69. The van der Waals surface area contributed by atoms with Crippen LogP contribution in [0.15, 0.2) is 49.3 Å². The van der Waals surface area contributed by atoms with Crippen LogP contribution in [0.1, 0.15) is 56.6 Å². The van der Waals surface area contributed by atoms with E-state index < -0.39 is 10.0 Å². The van der Waals surface area contributed by atoms with Crippen molar-refractivity contribution in [2.24, 2.45) is 11.3 Å². The first-order valence-corrected chi connectivity index (χ1v) is 17.7. The zero-order valence-electron chi connectivity index (χ0n) is 26.4. The van der Waals surface area contributed by atoms with Crippen LogP contribution in [0.5, 0.6) is 0 Å². The maximum absolute atomic E-state index is 12.6. The number of aromatic nitrogens is 7. The number of nitrogens with one attached hydrogen (secondary N) is 1. The molecule has 0 spiro atoms. The zero-order chi connectivity index (χ0) is 32.4. The fourth-order valence-corrected chi connectivity index (χ4v) is 7.45. The molecule has 1 saturated carbocycles. The molecular weight excluding hydrogens is 618 g/mol. The van der Waals surface area contributed by atoms with Crippen molar-refractivity contribution in [2.45, 2.75) is 57.2 Å². The molecule has 0 radical (unpaired) electrons. The Morgan fingerprint density at radius 2 is 1.91 bits per heavy atom. The van der Waals surface area contributed by atoms with Crippen molar-refractivity contribution < 1.29 is 18.3 Å². The molecule has 6 heterocycles. The minimum atomic E-state index is -3.48. The second-order valence-electron chi connectivity index (χ2n) is 13.1. The first kappa shape index (κ1) is 31.3. The Morgan fingerprint density at radius 3 is 2.68 bits per heavy atom. The molecule has 3 fully saturated rings. The van der Waals surface area contributed by atoms with Gasteiger partial charge >= 0.3 is 0 Å². The molecule has 4 aromatic heterocycles. The number of hydrogen-bond acceptors (Lipinski definition) is 11. The Balaban J connectivity index is 1.12. The van der Waals surface area contributed by atoms with Crippen LogP contribution in [-0.2, 0) is 21.3 Å². The maximum atomic E-state index is 12.6. The van der Waals surface area contributed by atoms with E-state index in [0.717, 1.165) is 79.4 Å². The molecular formula is C33H39N9O4S. The highest BCUT2D eigenvalue weighted by atomic mass is 32.2. The Hall–Kier alpha value is -4.32. The van der Waals surface area contributed by atoms with Gasteiger partial charge in [0, 0.05) is 63.4 Å². The second kappa shape index (κ2) is 13.1. The lowest BCUT2D eigenvalue weighted by atomic mass is 9.81. The molecule has 0 aromatic carbocycles. The van der Waals surface area contributed by atoms with Crippen LogP contribution in [0.25, 0.3) is 11.4 Å². The molecule has 14 heteroatoms. The van der Waals surface area contributed by atoms with Gasteiger partial charge in [0.2, 0.25) is 0 Å². The summed E-state index contributed by atoms with van der Waals surface area (Å²) in [6, 6.07) is 3.70. The summed E-state index contributed by atoms with van der Waals surface area (Å²) in [5.74, 6) is 8.53. The molecule has 0 amide bonds. The summed E-state index contributed by atoms with van der Waals surface area (Å²) in [6.07, 6.45) is 15.4. The number of nitrogens with zero attached hydrogens (tertiary/aromatic N) is 8. The SMILES string of the molecule is CC1(CO)CCN(c2cc(Nc3ccnc(-c4cnn(S(=O)(=O)C5CC5)c4)n3)ncc2C#Cc2cnn(CC3CCCOC3)c2)CC1. The van der Waals surface area contributed by atoms with Gasteiger partial charge in [0.05, 0.1) is 52.8 Å². The molecule has 2 aliphatic heterocycles. The highest BCUT2D eigenvalue weighted by Crippen LogP contribution is 2.35. The fourth-order valence-electron chi connectivity index (χ4n) is 5.98. The number of pyridine rings is 1. The molecule has 1 unspecified atom stereocenters. The predicted octanol–water partition coefficient (Wildman–Crippen LogP) is 3.44. The van der Waals surface area contributed by atoms with Crippen LogP contribution in [0, 0.1) is 23.2 Å². The van der Waals surface area contributed by atoms with Crippen molar-refractivity contribution in [3.05, 3.63) is 60.4 Å². The summed E-state index contributed by atoms with van der Waals surface area (Å²) in [4.78, 5) is 15.9. The van der Waals surface area contributed by atoms with Crippen molar-refractivity contribution in [3.8, 4) is 23.2 Å². The van der Waals surface area contributed by atoms with Crippen LogP contribution < -0.4 is 10.2 Å². The number of anilines is 3. The number of rotatable bonds is 9. The predicted molar refractivity (Wildman–Crippen MR) is 177 cm³/mol. The minimum absolute atomic E-state index is 0.0996. The van der Waals surface area contributed by atoms with Gasteiger partial charge in [-0.2, -0.15) is 14.3 Å². The third-order valence-electron chi connectivity index (χ3n) is 9.19. The lowest BCUT2D eigenvalue weighted by Crippen LogP contribution is -2.40. The van der Waals surface area contributed by atoms with Gasteiger partial charge in [-0.3, -0.25) is 4.68 Å². The van der Waals surface area contributed by atoms with E-state index in [1.165, 1.54) is 12.4 Å². The van der Waals surface area contributed by atoms with Crippen LogP contribution >= 0.6 is 0 Å². The topological polar surface area (TPSA) is 153 Å². The Labute approximate surface area is 274 Å². The van der Waals surface area contributed by atoms with Gasteiger partial charge in [0.1, 0.15) is 11.6 Å². The molecule has 1 aliphatic carbocycles. The summed E-state index contributed by atoms with van der Waals surface area (Å²) < 4.78 is 33.8. The quantitative estimate of drug-likeness (QED) is 0.255. The standard InChI is InChI=1S/C33H39N9O4S/c1-33(23-43)9-12-40(13-10-33)29-15-31(35-17-26(29)5-4-24-16-36-41(19-24)20-25-3-2-14-46-22-25)38-30-8-11-34-32(39-30)27-18-37-42(21-27)47(44,45)28-6-7-28/h8,11,15-19,21,25,28,43H,2-3,6-7,9-10,12-14,20,22-23H2,1H3,(H,34,35,38,39). The van der Waals surface area contributed by atoms with Crippen molar-refractivity contribution >= 4 is 27.3 Å². The third kappa shape index (κ3) is 7.17. The van der Waals surface area contributed by atoms with E-state index in [2.05, 4.69) is 54.1 Å². The number of hydrogen-bond donors (Lipinski definition) is 2. The second-order valence-corrected chi connectivity index (χ2v) is 15.1. The fraction of sp³-hybridized carbons (Fsp3) is 0.485. The molecule has 2 saturated heterocycles. The summed E-state index contributed by atoms with van der Waals surface area (Å²) in [6.45, 7) is 6.28. The minimum Gasteiger partial charge on any atom is -0.396 e. The van der Waals surface area contributed by atoms with Crippen molar-refractivity contribution in [3.63, 3.8) is 0 Å². The lowest BCUT2D eigenvalue weighted by molar-refractivity contribution is 0.0470. The number of aliphatic hydroxyl groups excluding tert-OH is 1. The summed E-state index contributed by atoms with van der Waals surface area (Å²) in [5, 5.41) is 21.4. The largest absolute Gasteiger partial charge is 0.396 e. The van der Waals surface area contributed by atoms with Crippen molar-refractivity contribution in [1.29, 1.82) is 0 Å². The highest BCUT2D eigenvalue weighted by molar-refractivity contribution is 7.90. The van der Waals surface area contributed by atoms with Gasteiger partial charge in [-0.05, 0) is 50.0 Å². The molecule has 3 aliphatic rings. The summed E-state index contributed by atoms with van der Waals surface area (Å²) >= 11 is 0. The molecule has 4 aromatic rings. The molecule has 2 N–H and O–H groups in total. The van der Waals surface area contributed by atoms with E-state index in [1.54, 1.807) is 24.7 Å². The number of piperidine rings is 1. The average molecular weight is 658 g/mol. The van der Waals surface area contributed by atoms with Gasteiger partial charge in [0.15, 0.2) is 5.82 Å². The van der Waals surface area contributed by atoms with E-state index >= 15 is 0 Å². The van der Waals surface area contributed by atoms with Crippen LogP contribution in [0.2, 0.25) is 0 Å². The van der Waals surface area contributed by atoms with Crippen LogP contribution in [0.3, 0.4) is 0 Å². The number of aliphatic hydroxyl groups is 1. The Bertz CT molecular complexity index is 1890. The van der Waals surface area contributed by atoms with E-state index in [4.69, 9.17) is 4.74 Å². The molecule has 13 nitrogen and oxygen atoms in total. The number of ether oxygens (including phenoxy) is 1. The molecule has 47 heavy (non-hydrogen) atoms. The molecule has 0 bridgehead atoms. The van der Waals surface area contributed by atoms with Gasteiger partial charge in [-0.1, -0.05) is 18.8 Å². The first-order chi connectivity index (χ1) is 22.8. The first-order valence-electron chi connectivity index (χ1n) is 16.2. The smallest absolute Gasteiger partial charge is 0.256 e. The summed E-state index contributed by atoms with van der Waals surface area (Å²) in [7, 11) is -3.48. The van der Waals surface area contributed by atoms with Gasteiger partial charge < -0.3 is 20.1 Å². The maximum Gasteiger partial charge on any atom is 0.256 e. The third-order valence-corrected chi connectivity index (χ3v) is 11.2. The molecule has 7 rings (SSSR count). The monoisotopic (exact) mass is 657 g/mol. The average Bonchev–Trinajstić information content (AvgIpc) is 3.67. The van der Waals surface area contributed by atoms with Crippen molar-refractivity contribution in [2.75, 3.05) is 43.1 Å². The molecule has 246 valence electrons. The van der Waals surface area contributed by atoms with Crippen LogP contribution in [0.4, 0.5) is 17.3 Å². The van der Waals surface area contributed by atoms with Crippen LogP contribution in [-0.4, -0.2) is 85.6 Å². The lowest BCUT2D eigenvalue weighted by Gasteiger charge is -2.39. The van der Waals surface area contributed by atoms with E-state index in [9.17, 15) is 13.5 Å².